The summed E-state index contributed by atoms with van der Waals surface area (Å²) in [6.07, 6.45) is 0. The first-order valence-corrected chi connectivity index (χ1v) is 7.71. The zero-order valence-corrected chi connectivity index (χ0v) is 14.0. The average Bonchev–Trinajstić information content (AvgIpc) is 2.61. The van der Waals surface area contributed by atoms with Crippen LogP contribution in [0.25, 0.3) is 0 Å². The number of ether oxygens (including phenoxy) is 2. The largest absolute Gasteiger partial charge is 0.486 e. The number of rotatable bonds is 3. The standard InChI is InChI=1S/C16H16FNO2.C2H2O4/c1-11-8-13(17)3-4-14(11)18-10-12-2-5-15-16(9-12)20-7-6-19-15;3-1(4)2(5)6/h2-5,8-9,18H,6-7,10H2,1H3;(H,3,4)(H,5,6). The predicted molar refractivity (Wildman–Crippen MR) is 91.2 cm³/mol. The number of carboxylic acid groups (broad SMARTS) is 2. The molecule has 1 aliphatic rings. The molecular formula is C18H18FNO6. The fraction of sp³-hybridized carbons (Fsp3) is 0.222. The lowest BCUT2D eigenvalue weighted by atomic mass is 10.1. The molecule has 0 radical (unpaired) electrons. The number of carbonyl (C=O) groups is 2. The van der Waals surface area contributed by atoms with Crippen LogP contribution in [0.15, 0.2) is 36.4 Å². The third-order valence-electron chi connectivity index (χ3n) is 3.46. The Labute approximate surface area is 149 Å². The quantitative estimate of drug-likeness (QED) is 0.720. The molecule has 0 unspecified atom stereocenters. The number of halogens is 1. The second-order valence-corrected chi connectivity index (χ2v) is 5.40. The van der Waals surface area contributed by atoms with E-state index in [2.05, 4.69) is 5.32 Å². The number of aliphatic carboxylic acids is 2. The van der Waals surface area contributed by atoms with Gasteiger partial charge in [0.05, 0.1) is 0 Å². The highest BCUT2D eigenvalue weighted by atomic mass is 19.1. The molecule has 0 saturated carbocycles. The lowest BCUT2D eigenvalue weighted by molar-refractivity contribution is -0.159. The van der Waals surface area contributed by atoms with Crippen molar-refractivity contribution in [1.82, 2.24) is 0 Å². The number of benzene rings is 2. The second-order valence-electron chi connectivity index (χ2n) is 5.40. The maximum absolute atomic E-state index is 13.0. The van der Waals surface area contributed by atoms with Crippen molar-refractivity contribution in [2.45, 2.75) is 13.5 Å². The number of nitrogens with one attached hydrogen (secondary N) is 1. The molecule has 3 N–H and O–H groups in total. The Balaban J connectivity index is 0.000000352. The van der Waals surface area contributed by atoms with Crippen LogP contribution in [-0.2, 0) is 16.1 Å². The van der Waals surface area contributed by atoms with Crippen molar-refractivity contribution in [1.29, 1.82) is 0 Å². The van der Waals surface area contributed by atoms with Gasteiger partial charge in [-0.05, 0) is 48.4 Å². The van der Waals surface area contributed by atoms with E-state index in [9.17, 15) is 4.39 Å². The molecule has 2 aromatic carbocycles. The predicted octanol–water partition coefficient (Wildman–Crippen LogP) is 2.67. The average molecular weight is 363 g/mol. The summed E-state index contributed by atoms with van der Waals surface area (Å²) in [5.41, 5.74) is 2.92. The normalized spacial score (nSPS) is 11.8. The minimum atomic E-state index is -1.82. The van der Waals surface area contributed by atoms with Gasteiger partial charge in [0.15, 0.2) is 11.5 Å². The number of hydrogen-bond donors (Lipinski definition) is 3. The summed E-state index contributed by atoms with van der Waals surface area (Å²) in [5.74, 6) is -2.29. The topological polar surface area (TPSA) is 105 Å². The molecule has 0 bridgehead atoms. The lowest BCUT2D eigenvalue weighted by Gasteiger charge is -2.19. The fourth-order valence-electron chi connectivity index (χ4n) is 2.22. The van der Waals surface area contributed by atoms with Crippen LogP contribution in [0.4, 0.5) is 10.1 Å². The third kappa shape index (κ3) is 5.37. The van der Waals surface area contributed by atoms with Crippen molar-refractivity contribution < 1.29 is 33.7 Å². The first-order valence-electron chi connectivity index (χ1n) is 7.71. The van der Waals surface area contributed by atoms with E-state index in [1.807, 2.05) is 25.1 Å². The highest BCUT2D eigenvalue weighted by Gasteiger charge is 2.11. The van der Waals surface area contributed by atoms with Crippen molar-refractivity contribution in [2.75, 3.05) is 18.5 Å². The van der Waals surface area contributed by atoms with E-state index >= 15 is 0 Å². The minimum absolute atomic E-state index is 0.215. The SMILES string of the molecule is Cc1cc(F)ccc1NCc1ccc2c(c1)OCCO2.O=C(O)C(=O)O. The summed E-state index contributed by atoms with van der Waals surface area (Å²) in [7, 11) is 0. The maximum atomic E-state index is 13.0. The minimum Gasteiger partial charge on any atom is -0.486 e. The molecule has 1 heterocycles. The third-order valence-corrected chi connectivity index (χ3v) is 3.46. The van der Waals surface area contributed by atoms with Crippen molar-refractivity contribution in [3.63, 3.8) is 0 Å². The van der Waals surface area contributed by atoms with Crippen LogP contribution < -0.4 is 14.8 Å². The fourth-order valence-corrected chi connectivity index (χ4v) is 2.22. The summed E-state index contributed by atoms with van der Waals surface area (Å²) in [4.78, 5) is 18.2. The molecule has 7 nitrogen and oxygen atoms in total. The lowest BCUT2D eigenvalue weighted by Crippen LogP contribution is -2.15. The van der Waals surface area contributed by atoms with E-state index in [0.717, 1.165) is 28.3 Å². The van der Waals surface area contributed by atoms with Gasteiger partial charge in [0.25, 0.3) is 0 Å². The Morgan fingerprint density at radius 3 is 2.31 bits per heavy atom. The monoisotopic (exact) mass is 363 g/mol. The summed E-state index contributed by atoms with van der Waals surface area (Å²) in [6, 6.07) is 10.6. The maximum Gasteiger partial charge on any atom is 0.414 e. The highest BCUT2D eigenvalue weighted by molar-refractivity contribution is 6.27. The molecule has 0 amide bonds. The second kappa shape index (κ2) is 8.70. The van der Waals surface area contributed by atoms with Crippen LogP contribution in [0, 0.1) is 12.7 Å². The first-order chi connectivity index (χ1) is 12.4. The number of carboxylic acids is 2. The van der Waals surface area contributed by atoms with E-state index in [4.69, 9.17) is 29.3 Å². The van der Waals surface area contributed by atoms with Crippen molar-refractivity contribution in [3.05, 3.63) is 53.3 Å². The Morgan fingerprint density at radius 1 is 1.04 bits per heavy atom. The van der Waals surface area contributed by atoms with Crippen molar-refractivity contribution in [3.8, 4) is 11.5 Å². The van der Waals surface area contributed by atoms with Gasteiger partial charge in [-0.2, -0.15) is 0 Å². The highest BCUT2D eigenvalue weighted by Crippen LogP contribution is 2.31. The van der Waals surface area contributed by atoms with Crippen LogP contribution in [0.1, 0.15) is 11.1 Å². The molecule has 0 aliphatic carbocycles. The van der Waals surface area contributed by atoms with Gasteiger partial charge < -0.3 is 25.0 Å². The van der Waals surface area contributed by atoms with Gasteiger partial charge in [-0.25, -0.2) is 14.0 Å². The molecule has 0 atom stereocenters. The van der Waals surface area contributed by atoms with E-state index in [1.165, 1.54) is 12.1 Å². The summed E-state index contributed by atoms with van der Waals surface area (Å²) in [5, 5.41) is 18.1. The number of hydrogen-bond acceptors (Lipinski definition) is 5. The molecule has 138 valence electrons. The summed E-state index contributed by atoms with van der Waals surface area (Å²) in [6.45, 7) is 3.72. The molecule has 2 aromatic rings. The Bertz CT molecular complexity index is 796. The smallest absolute Gasteiger partial charge is 0.414 e. The summed E-state index contributed by atoms with van der Waals surface area (Å²) >= 11 is 0. The van der Waals surface area contributed by atoms with Crippen LogP contribution in [0.5, 0.6) is 11.5 Å². The Kier molecular flexibility index (Phi) is 6.37. The van der Waals surface area contributed by atoms with Crippen LogP contribution in [-0.4, -0.2) is 35.4 Å². The van der Waals surface area contributed by atoms with Gasteiger partial charge in [-0.3, -0.25) is 0 Å². The first kappa shape index (κ1) is 19.0. The van der Waals surface area contributed by atoms with Crippen molar-refractivity contribution >= 4 is 17.6 Å². The Morgan fingerprint density at radius 2 is 1.69 bits per heavy atom. The number of anilines is 1. The van der Waals surface area contributed by atoms with Gasteiger partial charge in [0.2, 0.25) is 0 Å². The van der Waals surface area contributed by atoms with Gasteiger partial charge in [0.1, 0.15) is 19.0 Å². The van der Waals surface area contributed by atoms with E-state index in [0.29, 0.717) is 19.8 Å². The zero-order valence-electron chi connectivity index (χ0n) is 14.0. The van der Waals surface area contributed by atoms with E-state index < -0.39 is 11.9 Å². The van der Waals surface area contributed by atoms with Gasteiger partial charge in [-0.1, -0.05) is 6.07 Å². The van der Waals surface area contributed by atoms with E-state index in [1.54, 1.807) is 6.07 Å². The molecule has 0 fully saturated rings. The van der Waals surface area contributed by atoms with Crippen LogP contribution in [0.2, 0.25) is 0 Å². The molecule has 26 heavy (non-hydrogen) atoms. The number of aryl methyl sites for hydroxylation is 1. The molecule has 0 aromatic heterocycles. The van der Waals surface area contributed by atoms with Crippen molar-refractivity contribution in [2.24, 2.45) is 0 Å². The molecular weight excluding hydrogens is 345 g/mol. The molecule has 8 heteroatoms. The van der Waals surface area contributed by atoms with Gasteiger partial charge in [-0.15, -0.1) is 0 Å². The van der Waals surface area contributed by atoms with Crippen LogP contribution >= 0.6 is 0 Å². The van der Waals surface area contributed by atoms with E-state index in [-0.39, 0.29) is 5.82 Å². The Hall–Kier alpha value is -3.29. The summed E-state index contributed by atoms with van der Waals surface area (Å²) < 4.78 is 24.1. The molecule has 3 rings (SSSR count). The number of fused-ring (bicyclic) bond motifs is 1. The van der Waals surface area contributed by atoms with Gasteiger partial charge in [0, 0.05) is 12.2 Å². The van der Waals surface area contributed by atoms with Crippen LogP contribution in [0.3, 0.4) is 0 Å². The molecule has 1 aliphatic heterocycles. The molecule has 0 saturated heterocycles. The molecule has 0 spiro atoms. The zero-order chi connectivity index (χ0) is 19.1. The van der Waals surface area contributed by atoms with Gasteiger partial charge >= 0.3 is 11.9 Å².